The first-order chi connectivity index (χ1) is 9.16. The largest absolute Gasteiger partial charge is 0.350 e. The third-order valence-electron chi connectivity index (χ3n) is 3.05. The Morgan fingerprint density at radius 1 is 1.45 bits per heavy atom. The lowest BCUT2D eigenvalue weighted by Crippen LogP contribution is -2.32. The molecule has 1 atom stereocenters. The first-order valence-electron chi connectivity index (χ1n) is 6.21. The summed E-state index contributed by atoms with van der Waals surface area (Å²) in [4.78, 5) is 12.0. The predicted molar refractivity (Wildman–Crippen MR) is 81.9 cm³/mol. The highest BCUT2D eigenvalue weighted by molar-refractivity contribution is 7.92. The summed E-state index contributed by atoms with van der Waals surface area (Å²) in [5.41, 5.74) is 0.746. The van der Waals surface area contributed by atoms with E-state index >= 15 is 0 Å². The Bertz CT molecular complexity index is 602. The normalized spacial score (nSPS) is 12.8. The van der Waals surface area contributed by atoms with E-state index in [2.05, 4.69) is 5.32 Å². The van der Waals surface area contributed by atoms with Crippen molar-refractivity contribution in [3.05, 3.63) is 28.8 Å². The van der Waals surface area contributed by atoms with Crippen LogP contribution in [0.1, 0.15) is 30.6 Å². The van der Waals surface area contributed by atoms with E-state index in [1.165, 1.54) is 19.2 Å². The number of rotatable bonds is 5. The summed E-state index contributed by atoms with van der Waals surface area (Å²) in [5.74, 6) is -0.266. The van der Waals surface area contributed by atoms with Gasteiger partial charge in [-0.25, -0.2) is 8.42 Å². The summed E-state index contributed by atoms with van der Waals surface area (Å²) in [5, 5.41) is 3.03. The van der Waals surface area contributed by atoms with Crippen molar-refractivity contribution in [2.45, 2.75) is 26.3 Å². The van der Waals surface area contributed by atoms with Crippen molar-refractivity contribution in [2.24, 2.45) is 0 Å². The number of hydrogen-bond acceptors (Lipinski definition) is 3. The van der Waals surface area contributed by atoms with E-state index in [-0.39, 0.29) is 17.0 Å². The molecule has 1 rings (SSSR count). The highest BCUT2D eigenvalue weighted by atomic mass is 35.5. The fourth-order valence-electron chi connectivity index (χ4n) is 1.48. The zero-order valence-electron chi connectivity index (χ0n) is 12.0. The van der Waals surface area contributed by atoms with Crippen molar-refractivity contribution in [3.8, 4) is 0 Å². The second-order valence-electron chi connectivity index (χ2n) is 4.68. The number of benzene rings is 1. The second kappa shape index (κ2) is 6.45. The molecule has 0 aliphatic carbocycles. The smallest absolute Gasteiger partial charge is 0.253 e. The van der Waals surface area contributed by atoms with Gasteiger partial charge >= 0.3 is 0 Å². The molecule has 0 spiro atoms. The van der Waals surface area contributed by atoms with Gasteiger partial charge in [-0.15, -0.1) is 0 Å². The quantitative estimate of drug-likeness (QED) is 0.905. The van der Waals surface area contributed by atoms with Gasteiger partial charge in [-0.3, -0.25) is 9.10 Å². The fourth-order valence-corrected chi connectivity index (χ4v) is 2.24. The molecular formula is C13H19ClN2O3S. The van der Waals surface area contributed by atoms with Crippen LogP contribution in [0.2, 0.25) is 5.02 Å². The lowest BCUT2D eigenvalue weighted by atomic mass is 10.1. The lowest BCUT2D eigenvalue weighted by molar-refractivity contribution is 0.0939. The van der Waals surface area contributed by atoms with Gasteiger partial charge in [-0.05, 0) is 31.5 Å². The van der Waals surface area contributed by atoms with E-state index < -0.39 is 10.0 Å². The highest BCUT2D eigenvalue weighted by Gasteiger charge is 2.16. The molecule has 1 unspecified atom stereocenters. The molecular weight excluding hydrogens is 300 g/mol. The molecule has 1 amide bonds. The average molecular weight is 319 g/mol. The summed E-state index contributed by atoms with van der Waals surface area (Å²) in [7, 11) is -1.92. The van der Waals surface area contributed by atoms with Crippen LogP contribution < -0.4 is 9.62 Å². The molecule has 0 aliphatic rings. The molecule has 0 fully saturated rings. The maximum Gasteiger partial charge on any atom is 0.253 e. The molecule has 0 heterocycles. The summed E-state index contributed by atoms with van der Waals surface area (Å²) in [6.45, 7) is 3.87. The number of nitrogens with one attached hydrogen (secondary N) is 1. The topological polar surface area (TPSA) is 66.5 Å². The van der Waals surface area contributed by atoms with Crippen LogP contribution in [0.5, 0.6) is 0 Å². The second-order valence-corrected chi connectivity index (χ2v) is 7.10. The van der Waals surface area contributed by atoms with Crippen LogP contribution in [-0.2, 0) is 10.0 Å². The number of carbonyl (C=O) groups excluding carboxylic acids is 1. The molecule has 5 nitrogen and oxygen atoms in total. The SMILES string of the molecule is CCC(C)NC(=O)c1ccc(N(C)S(C)(=O)=O)cc1Cl. The fraction of sp³-hybridized carbons (Fsp3) is 0.462. The van der Waals surface area contributed by atoms with Crippen molar-refractivity contribution < 1.29 is 13.2 Å². The van der Waals surface area contributed by atoms with E-state index in [0.717, 1.165) is 17.0 Å². The van der Waals surface area contributed by atoms with Crippen molar-refractivity contribution >= 4 is 33.2 Å². The van der Waals surface area contributed by atoms with E-state index in [9.17, 15) is 13.2 Å². The Balaban J connectivity index is 3.03. The average Bonchev–Trinajstić information content (AvgIpc) is 2.36. The standard InChI is InChI=1S/C13H19ClN2O3S/c1-5-9(2)15-13(17)11-7-6-10(8-12(11)14)16(3)20(4,18)19/h6-9H,5H2,1-4H3,(H,15,17). The summed E-state index contributed by atoms with van der Waals surface area (Å²) < 4.78 is 24.0. The molecule has 0 aromatic heterocycles. The number of sulfonamides is 1. The molecule has 1 N–H and O–H groups in total. The monoisotopic (exact) mass is 318 g/mol. The Morgan fingerprint density at radius 3 is 2.50 bits per heavy atom. The molecule has 0 radical (unpaired) electrons. The Morgan fingerprint density at radius 2 is 2.05 bits per heavy atom. The summed E-state index contributed by atoms with van der Waals surface area (Å²) >= 11 is 6.06. The molecule has 1 aromatic rings. The van der Waals surface area contributed by atoms with Crippen molar-refractivity contribution in [3.63, 3.8) is 0 Å². The van der Waals surface area contributed by atoms with E-state index in [0.29, 0.717) is 11.3 Å². The maximum absolute atomic E-state index is 12.0. The van der Waals surface area contributed by atoms with Crippen LogP contribution in [0.4, 0.5) is 5.69 Å². The Hall–Kier alpha value is -1.27. The minimum Gasteiger partial charge on any atom is -0.350 e. The zero-order chi connectivity index (χ0) is 15.5. The molecule has 20 heavy (non-hydrogen) atoms. The van der Waals surface area contributed by atoms with Crippen molar-refractivity contribution in [2.75, 3.05) is 17.6 Å². The first-order valence-corrected chi connectivity index (χ1v) is 8.43. The molecule has 1 aromatic carbocycles. The molecule has 0 bridgehead atoms. The van der Waals surface area contributed by atoms with E-state index in [4.69, 9.17) is 11.6 Å². The van der Waals surface area contributed by atoms with E-state index in [1.54, 1.807) is 6.07 Å². The summed E-state index contributed by atoms with van der Waals surface area (Å²) in [6.07, 6.45) is 1.92. The summed E-state index contributed by atoms with van der Waals surface area (Å²) in [6, 6.07) is 4.60. The van der Waals surface area contributed by atoms with Crippen LogP contribution in [-0.4, -0.2) is 33.7 Å². The number of carbonyl (C=O) groups is 1. The number of hydrogen-bond donors (Lipinski definition) is 1. The first kappa shape index (κ1) is 16.8. The number of amides is 1. The highest BCUT2D eigenvalue weighted by Crippen LogP contribution is 2.24. The Labute approximate surface area is 125 Å². The van der Waals surface area contributed by atoms with Crippen LogP contribution in [0.3, 0.4) is 0 Å². The van der Waals surface area contributed by atoms with Crippen molar-refractivity contribution in [1.29, 1.82) is 0 Å². The van der Waals surface area contributed by atoms with Gasteiger partial charge in [-0.1, -0.05) is 18.5 Å². The minimum atomic E-state index is -3.35. The van der Waals surface area contributed by atoms with Crippen LogP contribution >= 0.6 is 11.6 Å². The minimum absolute atomic E-state index is 0.0527. The molecule has 0 saturated carbocycles. The van der Waals surface area contributed by atoms with Gasteiger partial charge < -0.3 is 5.32 Å². The van der Waals surface area contributed by atoms with Crippen molar-refractivity contribution in [1.82, 2.24) is 5.32 Å². The molecule has 0 aliphatic heterocycles. The van der Waals surface area contributed by atoms with Gasteiger partial charge in [0.15, 0.2) is 0 Å². The van der Waals surface area contributed by atoms with Gasteiger partial charge in [-0.2, -0.15) is 0 Å². The Kier molecular flexibility index (Phi) is 5.42. The van der Waals surface area contributed by atoms with Gasteiger partial charge in [0.1, 0.15) is 0 Å². The van der Waals surface area contributed by atoms with Gasteiger partial charge in [0.05, 0.1) is 22.5 Å². The number of nitrogens with zero attached hydrogens (tertiary/aromatic N) is 1. The zero-order valence-corrected chi connectivity index (χ0v) is 13.5. The van der Waals surface area contributed by atoms with E-state index in [1.807, 2.05) is 13.8 Å². The van der Waals surface area contributed by atoms with Crippen LogP contribution in [0.15, 0.2) is 18.2 Å². The number of anilines is 1. The predicted octanol–water partition coefficient (Wildman–Crippen LogP) is 2.26. The van der Waals surface area contributed by atoms with Gasteiger partial charge in [0.25, 0.3) is 5.91 Å². The molecule has 112 valence electrons. The third-order valence-corrected chi connectivity index (χ3v) is 4.57. The maximum atomic E-state index is 12.0. The van der Waals surface area contributed by atoms with Crippen LogP contribution in [0.25, 0.3) is 0 Å². The molecule has 7 heteroatoms. The number of halogens is 1. The third kappa shape index (κ3) is 4.11. The lowest BCUT2D eigenvalue weighted by Gasteiger charge is -2.18. The molecule has 0 saturated heterocycles. The van der Waals surface area contributed by atoms with Crippen LogP contribution in [0, 0.1) is 0 Å². The van der Waals surface area contributed by atoms with Gasteiger partial charge in [0, 0.05) is 13.1 Å². The van der Waals surface area contributed by atoms with Gasteiger partial charge in [0.2, 0.25) is 10.0 Å².